The van der Waals surface area contributed by atoms with Crippen molar-refractivity contribution in [3.8, 4) is 5.88 Å². The molecular weight excluding hydrogens is 368 g/mol. The predicted molar refractivity (Wildman–Crippen MR) is 111 cm³/mol. The summed E-state index contributed by atoms with van der Waals surface area (Å²) in [4.78, 5) is 13.5. The highest BCUT2D eigenvalue weighted by molar-refractivity contribution is 5.80. The van der Waals surface area contributed by atoms with E-state index in [1.54, 1.807) is 0 Å². The zero-order chi connectivity index (χ0) is 20.1. The molecule has 1 N–H and O–H groups in total. The molecule has 0 unspecified atom stereocenters. The molecule has 1 saturated carbocycles. The highest BCUT2D eigenvalue weighted by Gasteiger charge is 2.22. The Kier molecular flexibility index (Phi) is 6.29. The van der Waals surface area contributed by atoms with Crippen LogP contribution < -0.4 is 10.1 Å². The zero-order valence-corrected chi connectivity index (χ0v) is 17.3. The first-order valence-electron chi connectivity index (χ1n) is 10.4. The maximum atomic E-state index is 5.79. The summed E-state index contributed by atoms with van der Waals surface area (Å²) >= 11 is 0. The molecule has 0 amide bonds. The molecule has 2 fully saturated rings. The molecular formula is C21H30N6O2. The Morgan fingerprint density at radius 1 is 1.28 bits per heavy atom. The van der Waals surface area contributed by atoms with Gasteiger partial charge in [-0.2, -0.15) is 0 Å². The van der Waals surface area contributed by atoms with Crippen LogP contribution in [0.1, 0.15) is 29.9 Å². The Bertz CT molecular complexity index is 824. The van der Waals surface area contributed by atoms with Crippen LogP contribution in [0.5, 0.6) is 5.88 Å². The zero-order valence-electron chi connectivity index (χ0n) is 17.3. The van der Waals surface area contributed by atoms with Crippen molar-refractivity contribution in [2.24, 2.45) is 10.9 Å². The highest BCUT2D eigenvalue weighted by Crippen LogP contribution is 2.29. The molecule has 0 bridgehead atoms. The summed E-state index contributed by atoms with van der Waals surface area (Å²) in [6.45, 7) is 8.05. The number of guanidine groups is 1. The second-order valence-corrected chi connectivity index (χ2v) is 7.85. The van der Waals surface area contributed by atoms with Crippen LogP contribution >= 0.6 is 0 Å². The number of aromatic nitrogens is 2. The van der Waals surface area contributed by atoms with Crippen LogP contribution in [0.3, 0.4) is 0 Å². The van der Waals surface area contributed by atoms with Crippen LogP contribution in [-0.2, 0) is 13.1 Å². The molecule has 1 aliphatic heterocycles. The van der Waals surface area contributed by atoms with Crippen LogP contribution in [0, 0.1) is 12.8 Å². The first kappa shape index (κ1) is 19.7. The lowest BCUT2D eigenvalue weighted by Crippen LogP contribution is -2.52. The van der Waals surface area contributed by atoms with E-state index in [0.717, 1.165) is 68.2 Å². The van der Waals surface area contributed by atoms with Crippen molar-refractivity contribution in [1.29, 1.82) is 0 Å². The van der Waals surface area contributed by atoms with Gasteiger partial charge in [0.25, 0.3) is 0 Å². The number of rotatable bonds is 7. The van der Waals surface area contributed by atoms with E-state index >= 15 is 0 Å². The van der Waals surface area contributed by atoms with Gasteiger partial charge in [0, 0.05) is 64.6 Å². The van der Waals surface area contributed by atoms with Crippen molar-refractivity contribution < 1.29 is 9.26 Å². The molecule has 3 heterocycles. The van der Waals surface area contributed by atoms with E-state index in [-0.39, 0.29) is 0 Å². The van der Waals surface area contributed by atoms with E-state index < -0.39 is 0 Å². The quantitative estimate of drug-likeness (QED) is 0.565. The van der Waals surface area contributed by atoms with Crippen LogP contribution in [-0.4, -0.2) is 65.7 Å². The fourth-order valence-corrected chi connectivity index (χ4v) is 3.48. The van der Waals surface area contributed by atoms with Gasteiger partial charge in [0.15, 0.2) is 5.96 Å². The number of nitrogens with one attached hydrogen (secondary N) is 1. The van der Waals surface area contributed by atoms with Gasteiger partial charge < -0.3 is 19.5 Å². The summed E-state index contributed by atoms with van der Waals surface area (Å²) in [6.07, 6.45) is 4.37. The number of aliphatic imine (C=N–C) groups is 1. The summed E-state index contributed by atoms with van der Waals surface area (Å²) in [5.74, 6) is 3.23. The van der Waals surface area contributed by atoms with Gasteiger partial charge in [-0.25, -0.2) is 4.98 Å². The van der Waals surface area contributed by atoms with Crippen molar-refractivity contribution in [2.75, 3.05) is 39.8 Å². The van der Waals surface area contributed by atoms with Gasteiger partial charge in [0.05, 0.1) is 12.3 Å². The van der Waals surface area contributed by atoms with Crippen LogP contribution in [0.2, 0.25) is 0 Å². The molecule has 0 radical (unpaired) electrons. The molecule has 29 heavy (non-hydrogen) atoms. The van der Waals surface area contributed by atoms with Crippen molar-refractivity contribution in [1.82, 2.24) is 25.3 Å². The molecule has 0 aromatic carbocycles. The number of hydrogen-bond acceptors (Lipinski definition) is 6. The summed E-state index contributed by atoms with van der Waals surface area (Å²) in [5, 5.41) is 7.57. The van der Waals surface area contributed by atoms with E-state index in [0.29, 0.717) is 12.4 Å². The Balaban J connectivity index is 1.24. The van der Waals surface area contributed by atoms with Crippen LogP contribution in [0.15, 0.2) is 33.9 Å². The predicted octanol–water partition coefficient (Wildman–Crippen LogP) is 2.06. The number of ether oxygens (including phenoxy) is 1. The maximum Gasteiger partial charge on any atom is 0.213 e. The SMILES string of the molecule is CN=C(NCc1ccnc(OCC2CC2)c1)N1CCN(Cc2cc(C)on2)CC1. The fourth-order valence-electron chi connectivity index (χ4n) is 3.48. The second kappa shape index (κ2) is 9.26. The third kappa shape index (κ3) is 5.69. The third-order valence-electron chi connectivity index (χ3n) is 5.36. The standard InChI is InChI=1S/C21H30N6O2/c1-16-11-19(25-29-16)14-26-7-9-27(10-8-26)21(22-2)24-13-18-5-6-23-20(12-18)28-15-17-3-4-17/h5-6,11-12,17H,3-4,7-10,13-15H2,1-2H3,(H,22,24). The van der Waals surface area contributed by atoms with Crippen LogP contribution in [0.25, 0.3) is 0 Å². The van der Waals surface area contributed by atoms with Crippen molar-refractivity contribution in [3.05, 3.63) is 41.4 Å². The minimum Gasteiger partial charge on any atom is -0.477 e. The second-order valence-electron chi connectivity index (χ2n) is 7.85. The molecule has 2 aromatic heterocycles. The average molecular weight is 399 g/mol. The van der Waals surface area contributed by atoms with Crippen molar-refractivity contribution >= 4 is 5.96 Å². The van der Waals surface area contributed by atoms with E-state index in [4.69, 9.17) is 9.26 Å². The lowest BCUT2D eigenvalue weighted by atomic mass is 10.2. The smallest absolute Gasteiger partial charge is 0.213 e. The Morgan fingerprint density at radius 2 is 2.10 bits per heavy atom. The summed E-state index contributed by atoms with van der Waals surface area (Å²) in [5.41, 5.74) is 2.14. The lowest BCUT2D eigenvalue weighted by Gasteiger charge is -2.36. The summed E-state index contributed by atoms with van der Waals surface area (Å²) < 4.78 is 11.0. The minimum absolute atomic E-state index is 0.702. The molecule has 8 nitrogen and oxygen atoms in total. The molecule has 2 aliphatic rings. The van der Waals surface area contributed by atoms with E-state index in [1.165, 1.54) is 12.8 Å². The lowest BCUT2D eigenvalue weighted by molar-refractivity contribution is 0.169. The number of pyridine rings is 1. The van der Waals surface area contributed by atoms with Gasteiger partial charge in [-0.15, -0.1) is 0 Å². The molecule has 8 heteroatoms. The Labute approximate surface area is 171 Å². The van der Waals surface area contributed by atoms with Gasteiger partial charge in [0.2, 0.25) is 5.88 Å². The van der Waals surface area contributed by atoms with Crippen molar-refractivity contribution in [2.45, 2.75) is 32.9 Å². The Morgan fingerprint density at radius 3 is 2.79 bits per heavy atom. The first-order chi connectivity index (χ1) is 14.2. The van der Waals surface area contributed by atoms with E-state index in [1.807, 2.05) is 38.4 Å². The van der Waals surface area contributed by atoms with Crippen LogP contribution in [0.4, 0.5) is 0 Å². The highest BCUT2D eigenvalue weighted by atomic mass is 16.5. The monoisotopic (exact) mass is 398 g/mol. The molecule has 0 atom stereocenters. The Hall–Kier alpha value is -2.61. The van der Waals surface area contributed by atoms with Gasteiger partial charge in [-0.3, -0.25) is 9.89 Å². The molecule has 156 valence electrons. The summed E-state index contributed by atoms with van der Waals surface area (Å²) in [7, 11) is 1.84. The minimum atomic E-state index is 0.702. The van der Waals surface area contributed by atoms with E-state index in [2.05, 4.69) is 30.2 Å². The topological polar surface area (TPSA) is 79.0 Å². The third-order valence-corrected chi connectivity index (χ3v) is 5.36. The molecule has 0 spiro atoms. The van der Waals surface area contributed by atoms with Gasteiger partial charge in [-0.05, 0) is 37.3 Å². The van der Waals surface area contributed by atoms with Gasteiger partial charge >= 0.3 is 0 Å². The largest absolute Gasteiger partial charge is 0.477 e. The fraction of sp³-hybridized carbons (Fsp3) is 0.571. The molecule has 1 saturated heterocycles. The molecule has 4 rings (SSSR count). The normalized spacial score (nSPS) is 18.1. The van der Waals surface area contributed by atoms with E-state index in [9.17, 15) is 0 Å². The molecule has 1 aliphatic carbocycles. The first-order valence-corrected chi connectivity index (χ1v) is 10.4. The number of aryl methyl sites for hydroxylation is 1. The van der Waals surface area contributed by atoms with Gasteiger partial charge in [0.1, 0.15) is 5.76 Å². The number of hydrogen-bond donors (Lipinski definition) is 1. The number of nitrogens with zero attached hydrogens (tertiary/aromatic N) is 5. The number of piperazine rings is 1. The molecule has 2 aromatic rings. The van der Waals surface area contributed by atoms with Gasteiger partial charge in [-0.1, -0.05) is 5.16 Å². The maximum absolute atomic E-state index is 5.79. The summed E-state index contributed by atoms with van der Waals surface area (Å²) in [6, 6.07) is 6.03. The van der Waals surface area contributed by atoms with Crippen molar-refractivity contribution in [3.63, 3.8) is 0 Å². The average Bonchev–Trinajstić information content (AvgIpc) is 3.49.